The number of carbonyl (C=O) groups excluding carboxylic acids is 1. The van der Waals surface area contributed by atoms with Crippen molar-refractivity contribution < 1.29 is 4.79 Å². The largest absolute Gasteiger partial charge is 0.305 e. The van der Waals surface area contributed by atoms with Gasteiger partial charge in [-0.2, -0.15) is 0 Å². The molecule has 0 aromatic carbocycles. The summed E-state index contributed by atoms with van der Waals surface area (Å²) in [5, 5.41) is 5.36. The number of carbonyl (C=O) groups is 1. The van der Waals surface area contributed by atoms with E-state index in [1.807, 2.05) is 18.4 Å². The molecule has 1 aliphatic heterocycles. The van der Waals surface area contributed by atoms with Crippen molar-refractivity contribution in [3.63, 3.8) is 0 Å². The summed E-state index contributed by atoms with van der Waals surface area (Å²) in [6.45, 7) is 5.11. The van der Waals surface area contributed by atoms with Crippen LogP contribution in [0.4, 0.5) is 0 Å². The molecule has 0 radical (unpaired) electrons. The van der Waals surface area contributed by atoms with E-state index in [4.69, 9.17) is 0 Å². The lowest BCUT2D eigenvalue weighted by Crippen LogP contribution is -2.46. The Morgan fingerprint density at radius 2 is 2.47 bits per heavy atom. The Labute approximate surface area is 94.7 Å². The van der Waals surface area contributed by atoms with Crippen LogP contribution in [0.25, 0.3) is 0 Å². The van der Waals surface area contributed by atoms with Gasteiger partial charge in [0.05, 0.1) is 5.54 Å². The molecular formula is C12H17NOS. The SMILES string of the molecule is CCC1(C(=O)c2csc(C)c2)CCCN1. The maximum absolute atomic E-state index is 12.4. The van der Waals surface area contributed by atoms with Crippen LogP contribution in [0.5, 0.6) is 0 Å². The molecule has 1 unspecified atom stereocenters. The van der Waals surface area contributed by atoms with Gasteiger partial charge in [0.1, 0.15) is 0 Å². The number of rotatable bonds is 3. The van der Waals surface area contributed by atoms with Gasteiger partial charge in [-0.05, 0) is 38.8 Å². The lowest BCUT2D eigenvalue weighted by Gasteiger charge is -2.25. The van der Waals surface area contributed by atoms with E-state index < -0.39 is 0 Å². The molecule has 1 N–H and O–H groups in total. The molecule has 0 aliphatic carbocycles. The maximum atomic E-state index is 12.4. The van der Waals surface area contributed by atoms with E-state index >= 15 is 0 Å². The number of hydrogen-bond acceptors (Lipinski definition) is 3. The van der Waals surface area contributed by atoms with Gasteiger partial charge in [-0.15, -0.1) is 11.3 Å². The van der Waals surface area contributed by atoms with Crippen molar-refractivity contribution in [2.75, 3.05) is 6.54 Å². The smallest absolute Gasteiger partial charge is 0.183 e. The number of Topliss-reactive ketones (excluding diaryl/α,β-unsaturated/α-hetero) is 1. The Kier molecular flexibility index (Phi) is 2.94. The number of ketones is 1. The Morgan fingerprint density at radius 1 is 1.67 bits per heavy atom. The minimum atomic E-state index is -0.270. The van der Waals surface area contributed by atoms with Gasteiger partial charge in [-0.3, -0.25) is 4.79 Å². The fourth-order valence-electron chi connectivity index (χ4n) is 2.30. The first kappa shape index (κ1) is 10.8. The molecule has 0 spiro atoms. The van der Waals surface area contributed by atoms with Gasteiger partial charge in [0.25, 0.3) is 0 Å². The molecular weight excluding hydrogens is 206 g/mol. The second-order valence-electron chi connectivity index (χ2n) is 4.24. The fourth-order valence-corrected chi connectivity index (χ4v) is 2.98. The highest BCUT2D eigenvalue weighted by atomic mass is 32.1. The molecule has 2 nitrogen and oxygen atoms in total. The van der Waals surface area contributed by atoms with Crippen LogP contribution in [0.15, 0.2) is 11.4 Å². The van der Waals surface area contributed by atoms with E-state index in [-0.39, 0.29) is 11.3 Å². The third-order valence-electron chi connectivity index (χ3n) is 3.27. The maximum Gasteiger partial charge on any atom is 0.183 e. The van der Waals surface area contributed by atoms with Crippen LogP contribution in [0.3, 0.4) is 0 Å². The zero-order chi connectivity index (χ0) is 10.9. The summed E-state index contributed by atoms with van der Waals surface area (Å²) in [7, 11) is 0. The van der Waals surface area contributed by atoms with Crippen LogP contribution in [0, 0.1) is 6.92 Å². The highest BCUT2D eigenvalue weighted by Gasteiger charge is 2.39. The predicted octanol–water partition coefficient (Wildman–Crippen LogP) is 2.77. The van der Waals surface area contributed by atoms with Gasteiger partial charge in [-0.1, -0.05) is 6.92 Å². The van der Waals surface area contributed by atoms with E-state index in [1.165, 1.54) is 4.88 Å². The molecule has 0 saturated carbocycles. The van der Waals surface area contributed by atoms with Crippen molar-refractivity contribution in [1.29, 1.82) is 0 Å². The van der Waals surface area contributed by atoms with Crippen LogP contribution in [-0.2, 0) is 0 Å². The summed E-state index contributed by atoms with van der Waals surface area (Å²) >= 11 is 1.65. The van der Waals surface area contributed by atoms with Crippen molar-refractivity contribution in [3.8, 4) is 0 Å². The Balaban J connectivity index is 2.26. The first-order valence-corrected chi connectivity index (χ1v) is 6.41. The van der Waals surface area contributed by atoms with E-state index in [0.29, 0.717) is 0 Å². The van der Waals surface area contributed by atoms with Crippen LogP contribution in [-0.4, -0.2) is 17.9 Å². The zero-order valence-corrected chi connectivity index (χ0v) is 10.1. The zero-order valence-electron chi connectivity index (χ0n) is 9.30. The number of aryl methyl sites for hydroxylation is 1. The van der Waals surface area contributed by atoms with Gasteiger partial charge in [-0.25, -0.2) is 0 Å². The summed E-state index contributed by atoms with van der Waals surface area (Å²) < 4.78 is 0. The lowest BCUT2D eigenvalue weighted by molar-refractivity contribution is 0.0864. The van der Waals surface area contributed by atoms with Gasteiger partial charge in [0.2, 0.25) is 0 Å². The average Bonchev–Trinajstić information content (AvgIpc) is 2.86. The summed E-state index contributed by atoms with van der Waals surface area (Å²) in [6.07, 6.45) is 2.99. The number of thiophene rings is 1. The third kappa shape index (κ3) is 1.86. The molecule has 15 heavy (non-hydrogen) atoms. The third-order valence-corrected chi connectivity index (χ3v) is 4.14. The average molecular weight is 223 g/mol. The van der Waals surface area contributed by atoms with Crippen LogP contribution < -0.4 is 5.32 Å². The predicted molar refractivity (Wildman–Crippen MR) is 63.6 cm³/mol. The molecule has 0 bridgehead atoms. The van der Waals surface area contributed by atoms with Crippen molar-refractivity contribution in [2.45, 2.75) is 38.6 Å². The molecule has 1 aliphatic rings. The van der Waals surface area contributed by atoms with Crippen molar-refractivity contribution >= 4 is 17.1 Å². The van der Waals surface area contributed by atoms with Gasteiger partial charge >= 0.3 is 0 Å². The van der Waals surface area contributed by atoms with Gasteiger partial charge in [0.15, 0.2) is 5.78 Å². The van der Waals surface area contributed by atoms with Crippen LogP contribution in [0.1, 0.15) is 41.4 Å². The molecule has 1 fully saturated rings. The molecule has 0 amide bonds. The van der Waals surface area contributed by atoms with Gasteiger partial charge < -0.3 is 5.32 Å². The second-order valence-corrected chi connectivity index (χ2v) is 5.36. The first-order chi connectivity index (χ1) is 7.18. The van der Waals surface area contributed by atoms with Crippen molar-refractivity contribution in [3.05, 3.63) is 21.9 Å². The minimum absolute atomic E-state index is 0.270. The number of nitrogens with one attached hydrogen (secondary N) is 1. The van der Waals surface area contributed by atoms with Gasteiger partial charge in [0, 0.05) is 15.8 Å². The van der Waals surface area contributed by atoms with Crippen LogP contribution >= 0.6 is 11.3 Å². The Hall–Kier alpha value is -0.670. The highest BCUT2D eigenvalue weighted by Crippen LogP contribution is 2.28. The molecule has 1 saturated heterocycles. The minimum Gasteiger partial charge on any atom is -0.305 e. The molecule has 2 heterocycles. The topological polar surface area (TPSA) is 29.1 Å². The van der Waals surface area contributed by atoms with E-state index in [0.717, 1.165) is 31.4 Å². The standard InChI is InChI=1S/C12H17NOS/c1-3-12(5-4-6-13-12)11(14)10-7-9(2)15-8-10/h7-8,13H,3-6H2,1-2H3. The van der Waals surface area contributed by atoms with Crippen LogP contribution in [0.2, 0.25) is 0 Å². The Morgan fingerprint density at radius 3 is 2.93 bits per heavy atom. The summed E-state index contributed by atoms with van der Waals surface area (Å²) in [5.41, 5.74) is 0.613. The molecule has 82 valence electrons. The summed E-state index contributed by atoms with van der Waals surface area (Å²) in [5.74, 6) is 0.284. The molecule has 1 aromatic rings. The summed E-state index contributed by atoms with van der Waals surface area (Å²) in [6, 6.07) is 2.00. The number of hydrogen-bond donors (Lipinski definition) is 1. The highest BCUT2D eigenvalue weighted by molar-refractivity contribution is 7.10. The van der Waals surface area contributed by atoms with E-state index in [9.17, 15) is 4.79 Å². The molecule has 2 rings (SSSR count). The molecule has 3 heteroatoms. The molecule has 1 aromatic heterocycles. The quantitative estimate of drug-likeness (QED) is 0.798. The normalized spacial score (nSPS) is 25.7. The first-order valence-electron chi connectivity index (χ1n) is 5.53. The molecule has 1 atom stereocenters. The lowest BCUT2D eigenvalue weighted by atomic mass is 9.86. The summed E-state index contributed by atoms with van der Waals surface area (Å²) in [4.78, 5) is 13.6. The fraction of sp³-hybridized carbons (Fsp3) is 0.583. The van der Waals surface area contributed by atoms with Crippen molar-refractivity contribution in [1.82, 2.24) is 5.32 Å². The monoisotopic (exact) mass is 223 g/mol. The van der Waals surface area contributed by atoms with Crippen molar-refractivity contribution in [2.24, 2.45) is 0 Å². The van der Waals surface area contributed by atoms with E-state index in [2.05, 4.69) is 12.2 Å². The van der Waals surface area contributed by atoms with E-state index in [1.54, 1.807) is 11.3 Å². The second kappa shape index (κ2) is 4.06. The Bertz CT molecular complexity index is 363.